The van der Waals surface area contributed by atoms with Gasteiger partial charge in [-0.05, 0) is 24.3 Å². The molecule has 0 radical (unpaired) electrons. The van der Waals surface area contributed by atoms with Gasteiger partial charge in [-0.1, -0.05) is 6.07 Å². The quantitative estimate of drug-likeness (QED) is 0.481. The second kappa shape index (κ2) is 8.70. The lowest BCUT2D eigenvalue weighted by Gasteiger charge is -2.21. The molecule has 0 unspecified atom stereocenters. The lowest BCUT2D eigenvalue weighted by Crippen LogP contribution is -2.33. The normalized spacial score (nSPS) is 11.5. The molecule has 0 saturated carbocycles. The Hall–Kier alpha value is -2.56. The Balaban J connectivity index is 2.42. The molecular formula is C16H19N3O6S. The van der Waals surface area contributed by atoms with Crippen molar-refractivity contribution in [2.75, 3.05) is 27.4 Å². The van der Waals surface area contributed by atoms with Crippen molar-refractivity contribution in [2.24, 2.45) is 0 Å². The molecule has 1 aromatic carbocycles. The molecule has 10 heteroatoms. The van der Waals surface area contributed by atoms with Crippen molar-refractivity contribution < 1.29 is 22.8 Å². The maximum atomic E-state index is 13.0. The van der Waals surface area contributed by atoms with Crippen LogP contribution < -0.4 is 4.74 Å². The van der Waals surface area contributed by atoms with E-state index in [0.717, 1.165) is 6.07 Å². The van der Waals surface area contributed by atoms with Crippen LogP contribution in [0.1, 0.15) is 5.69 Å². The summed E-state index contributed by atoms with van der Waals surface area (Å²) in [4.78, 5) is 14.4. The minimum Gasteiger partial charge on any atom is -0.490 e. The highest BCUT2D eigenvalue weighted by atomic mass is 32.2. The zero-order valence-corrected chi connectivity index (χ0v) is 15.2. The highest BCUT2D eigenvalue weighted by molar-refractivity contribution is 7.89. The third kappa shape index (κ3) is 4.54. The Kier molecular flexibility index (Phi) is 6.61. The van der Waals surface area contributed by atoms with E-state index in [-0.39, 0.29) is 30.3 Å². The first-order valence-corrected chi connectivity index (χ1v) is 9.05. The Morgan fingerprint density at radius 3 is 2.58 bits per heavy atom. The van der Waals surface area contributed by atoms with Gasteiger partial charge in [-0.3, -0.25) is 15.1 Å². The SMILES string of the molecule is COCCN(Cc1ccccn1)S(=O)(=O)c1ccc(OC)c([N+](=O)[O-])c1. The Bertz CT molecular complexity index is 858. The first kappa shape index (κ1) is 19.8. The average Bonchev–Trinajstić information content (AvgIpc) is 2.65. The van der Waals surface area contributed by atoms with E-state index < -0.39 is 20.6 Å². The summed E-state index contributed by atoms with van der Waals surface area (Å²) in [5, 5.41) is 11.2. The van der Waals surface area contributed by atoms with Crippen LogP contribution in [0.4, 0.5) is 5.69 Å². The molecule has 26 heavy (non-hydrogen) atoms. The van der Waals surface area contributed by atoms with Gasteiger partial charge >= 0.3 is 5.69 Å². The van der Waals surface area contributed by atoms with Crippen molar-refractivity contribution in [1.29, 1.82) is 0 Å². The van der Waals surface area contributed by atoms with Crippen molar-refractivity contribution in [3.63, 3.8) is 0 Å². The molecule has 140 valence electrons. The summed E-state index contributed by atoms with van der Waals surface area (Å²) in [6.07, 6.45) is 1.56. The monoisotopic (exact) mass is 381 g/mol. The largest absolute Gasteiger partial charge is 0.490 e. The average molecular weight is 381 g/mol. The number of aromatic nitrogens is 1. The third-order valence-electron chi connectivity index (χ3n) is 3.59. The zero-order valence-electron chi connectivity index (χ0n) is 14.4. The van der Waals surface area contributed by atoms with E-state index in [1.807, 2.05) is 0 Å². The van der Waals surface area contributed by atoms with Crippen LogP contribution in [0.3, 0.4) is 0 Å². The maximum Gasteiger partial charge on any atom is 0.312 e. The maximum absolute atomic E-state index is 13.0. The third-order valence-corrected chi connectivity index (χ3v) is 5.44. The molecule has 0 aliphatic heterocycles. The number of sulfonamides is 1. The Morgan fingerprint density at radius 2 is 2.00 bits per heavy atom. The summed E-state index contributed by atoms with van der Waals surface area (Å²) >= 11 is 0. The number of benzene rings is 1. The summed E-state index contributed by atoms with van der Waals surface area (Å²) < 4.78 is 37.1. The first-order chi connectivity index (χ1) is 12.4. The second-order valence-corrected chi connectivity index (χ2v) is 7.18. The van der Waals surface area contributed by atoms with E-state index >= 15 is 0 Å². The molecular weight excluding hydrogens is 362 g/mol. The summed E-state index contributed by atoms with van der Waals surface area (Å²) in [6, 6.07) is 8.71. The van der Waals surface area contributed by atoms with Gasteiger partial charge in [0, 0.05) is 25.9 Å². The highest BCUT2D eigenvalue weighted by Gasteiger charge is 2.28. The minimum absolute atomic E-state index is 0.0119. The first-order valence-electron chi connectivity index (χ1n) is 7.61. The van der Waals surface area contributed by atoms with Gasteiger partial charge in [0.15, 0.2) is 5.75 Å². The van der Waals surface area contributed by atoms with Crippen molar-refractivity contribution in [2.45, 2.75) is 11.4 Å². The van der Waals surface area contributed by atoms with Crippen molar-refractivity contribution >= 4 is 15.7 Å². The minimum atomic E-state index is -4.00. The van der Waals surface area contributed by atoms with Gasteiger partial charge in [-0.15, -0.1) is 0 Å². The number of nitro groups is 1. The highest BCUT2D eigenvalue weighted by Crippen LogP contribution is 2.30. The predicted octanol–water partition coefficient (Wildman–Crippen LogP) is 1.84. The summed E-state index contributed by atoms with van der Waals surface area (Å²) in [5.41, 5.74) is 0.133. The van der Waals surface area contributed by atoms with E-state index in [9.17, 15) is 18.5 Å². The van der Waals surface area contributed by atoms with Gasteiger partial charge in [0.2, 0.25) is 10.0 Å². The standard InChI is InChI=1S/C16H19N3O6S/c1-24-10-9-18(12-13-5-3-4-8-17-13)26(22,23)14-6-7-16(25-2)15(11-14)19(20)21/h3-8,11H,9-10,12H2,1-2H3. The lowest BCUT2D eigenvalue weighted by atomic mass is 10.3. The molecule has 2 aromatic rings. The van der Waals surface area contributed by atoms with Gasteiger partial charge in [0.05, 0.1) is 35.8 Å². The van der Waals surface area contributed by atoms with Gasteiger partial charge in [0.1, 0.15) is 0 Å². The number of methoxy groups -OCH3 is 2. The number of ether oxygens (including phenoxy) is 2. The fourth-order valence-corrected chi connectivity index (χ4v) is 3.69. The molecule has 0 spiro atoms. The van der Waals surface area contributed by atoms with Crippen molar-refractivity contribution in [3.05, 3.63) is 58.4 Å². The Morgan fingerprint density at radius 1 is 1.23 bits per heavy atom. The topological polar surface area (TPSA) is 112 Å². The molecule has 0 bridgehead atoms. The molecule has 0 atom stereocenters. The van der Waals surface area contributed by atoms with Gasteiger partial charge < -0.3 is 9.47 Å². The molecule has 1 heterocycles. The number of pyridine rings is 1. The molecule has 0 saturated heterocycles. The fourth-order valence-electron chi connectivity index (χ4n) is 2.27. The number of nitrogens with zero attached hydrogens (tertiary/aromatic N) is 3. The smallest absolute Gasteiger partial charge is 0.312 e. The number of rotatable bonds is 9. The summed E-state index contributed by atoms with van der Waals surface area (Å²) in [5.74, 6) is -0.0119. The second-order valence-electron chi connectivity index (χ2n) is 5.24. The van der Waals surface area contributed by atoms with Crippen LogP contribution in [0.25, 0.3) is 0 Å². The van der Waals surface area contributed by atoms with Crippen LogP contribution in [0.2, 0.25) is 0 Å². The summed E-state index contributed by atoms with van der Waals surface area (Å²) in [7, 11) is -1.26. The number of hydrogen-bond donors (Lipinski definition) is 0. The predicted molar refractivity (Wildman–Crippen MR) is 93.4 cm³/mol. The van der Waals surface area contributed by atoms with Crippen LogP contribution in [-0.4, -0.2) is 50.0 Å². The Labute approximate surface area is 151 Å². The van der Waals surface area contributed by atoms with Gasteiger partial charge in [0.25, 0.3) is 0 Å². The molecule has 0 aliphatic carbocycles. The van der Waals surface area contributed by atoms with Crippen LogP contribution in [0.15, 0.2) is 47.5 Å². The van der Waals surface area contributed by atoms with E-state index in [4.69, 9.17) is 9.47 Å². The molecule has 0 fully saturated rings. The van der Waals surface area contributed by atoms with Crippen LogP contribution in [0.5, 0.6) is 5.75 Å². The molecule has 0 aliphatic rings. The van der Waals surface area contributed by atoms with E-state index in [2.05, 4.69) is 4.98 Å². The molecule has 9 nitrogen and oxygen atoms in total. The van der Waals surface area contributed by atoms with E-state index in [1.165, 1.54) is 30.7 Å². The number of nitro benzene ring substituents is 1. The molecule has 1 aromatic heterocycles. The zero-order chi connectivity index (χ0) is 19.2. The van der Waals surface area contributed by atoms with Crippen LogP contribution in [-0.2, 0) is 21.3 Å². The molecule has 2 rings (SSSR count). The summed E-state index contributed by atoms with van der Waals surface area (Å²) in [6.45, 7) is 0.270. The van der Waals surface area contributed by atoms with E-state index in [0.29, 0.717) is 5.69 Å². The van der Waals surface area contributed by atoms with Crippen molar-refractivity contribution in [1.82, 2.24) is 9.29 Å². The van der Waals surface area contributed by atoms with Gasteiger partial charge in [-0.2, -0.15) is 4.31 Å². The van der Waals surface area contributed by atoms with Crippen LogP contribution >= 0.6 is 0 Å². The van der Waals surface area contributed by atoms with E-state index in [1.54, 1.807) is 24.4 Å². The molecule has 0 amide bonds. The fraction of sp³-hybridized carbons (Fsp3) is 0.312. The number of hydrogen-bond acceptors (Lipinski definition) is 7. The lowest BCUT2D eigenvalue weighted by molar-refractivity contribution is -0.386. The van der Waals surface area contributed by atoms with Crippen LogP contribution in [0, 0.1) is 10.1 Å². The van der Waals surface area contributed by atoms with Crippen molar-refractivity contribution in [3.8, 4) is 5.75 Å². The van der Waals surface area contributed by atoms with Gasteiger partial charge in [-0.25, -0.2) is 8.42 Å². The molecule has 0 N–H and O–H groups in total.